The molecular formula is C25H27N3O3S. The number of carbonyl (C=O) groups excluding carboxylic acids is 1. The first-order valence-electron chi connectivity index (χ1n) is 11.1. The second kappa shape index (κ2) is 8.92. The van der Waals surface area contributed by atoms with Gasteiger partial charge in [0.15, 0.2) is 0 Å². The summed E-state index contributed by atoms with van der Waals surface area (Å²) in [5.41, 5.74) is 3.35. The van der Waals surface area contributed by atoms with Gasteiger partial charge >= 0.3 is 0 Å². The molecule has 1 aromatic heterocycles. The van der Waals surface area contributed by atoms with Crippen LogP contribution in [0.3, 0.4) is 0 Å². The summed E-state index contributed by atoms with van der Waals surface area (Å²) in [5, 5.41) is 4.22. The van der Waals surface area contributed by atoms with Crippen molar-refractivity contribution in [1.29, 1.82) is 0 Å². The normalized spacial score (nSPS) is 19.8. The van der Waals surface area contributed by atoms with Crippen molar-refractivity contribution in [1.82, 2.24) is 15.2 Å². The standard InChI is InChI=1S/C25H27N3O3S/c1-16-3-10-23-24(13-16)32-25(27-23)31-22-8-6-21(7-9-22)30-12-11-26-18-14-19-4-5-20(15-18)28(19)17(2)29/h3-4,6-10,13,18,20,26H,5,11-12,14-15H2,1-2H3/t18-,20-/m1/s1. The van der Waals surface area contributed by atoms with Crippen LogP contribution in [0.5, 0.6) is 16.7 Å². The van der Waals surface area contributed by atoms with E-state index in [1.54, 1.807) is 18.3 Å². The molecule has 1 saturated heterocycles. The fourth-order valence-electron chi connectivity index (χ4n) is 4.56. The first-order chi connectivity index (χ1) is 15.5. The van der Waals surface area contributed by atoms with Crippen molar-refractivity contribution in [2.75, 3.05) is 13.2 Å². The van der Waals surface area contributed by atoms with E-state index in [9.17, 15) is 4.79 Å². The number of nitrogens with zero attached hydrogens (tertiary/aromatic N) is 2. The van der Waals surface area contributed by atoms with Gasteiger partial charge in [-0.1, -0.05) is 23.5 Å². The molecule has 3 heterocycles. The number of piperidine rings is 1. The Bertz CT molecular complexity index is 1150. The first kappa shape index (κ1) is 21.0. The van der Waals surface area contributed by atoms with Gasteiger partial charge in [-0.15, -0.1) is 0 Å². The molecule has 7 heteroatoms. The third-order valence-electron chi connectivity index (χ3n) is 6.01. The molecule has 2 aliphatic heterocycles. The number of thiazole rings is 1. The Morgan fingerprint density at radius 1 is 1.22 bits per heavy atom. The number of hydrogen-bond donors (Lipinski definition) is 1. The van der Waals surface area contributed by atoms with Crippen LogP contribution in [-0.4, -0.2) is 41.0 Å². The molecule has 6 nitrogen and oxygen atoms in total. The Morgan fingerprint density at radius 2 is 2.03 bits per heavy atom. The van der Waals surface area contributed by atoms with E-state index in [4.69, 9.17) is 9.47 Å². The Morgan fingerprint density at radius 3 is 2.81 bits per heavy atom. The minimum atomic E-state index is 0.159. The lowest BCUT2D eigenvalue weighted by Gasteiger charge is -2.36. The highest BCUT2D eigenvalue weighted by atomic mass is 32.1. The van der Waals surface area contributed by atoms with Crippen LogP contribution in [0.1, 0.15) is 31.7 Å². The van der Waals surface area contributed by atoms with Gasteiger partial charge in [0, 0.05) is 37.7 Å². The first-order valence-corrected chi connectivity index (χ1v) is 11.9. The Labute approximate surface area is 191 Å². The number of fused-ring (bicyclic) bond motifs is 3. The number of aromatic nitrogens is 1. The summed E-state index contributed by atoms with van der Waals surface area (Å²) in [6, 6.07) is 14.6. The number of nitrogens with one attached hydrogen (secondary N) is 1. The molecule has 2 bridgehead atoms. The summed E-state index contributed by atoms with van der Waals surface area (Å²) in [5.74, 6) is 1.71. The molecular weight excluding hydrogens is 422 g/mol. The lowest BCUT2D eigenvalue weighted by atomic mass is 9.98. The fraction of sp³-hybridized carbons (Fsp3) is 0.360. The van der Waals surface area contributed by atoms with E-state index in [2.05, 4.69) is 35.4 Å². The molecule has 0 radical (unpaired) electrons. The van der Waals surface area contributed by atoms with Gasteiger partial charge in [-0.2, -0.15) is 0 Å². The van der Waals surface area contributed by atoms with Crippen LogP contribution in [-0.2, 0) is 4.79 Å². The number of aryl methyl sites for hydroxylation is 1. The van der Waals surface area contributed by atoms with Gasteiger partial charge in [0.2, 0.25) is 5.91 Å². The average molecular weight is 450 g/mol. The van der Waals surface area contributed by atoms with E-state index in [0.29, 0.717) is 23.9 Å². The van der Waals surface area contributed by atoms with Gasteiger partial charge in [-0.25, -0.2) is 4.98 Å². The van der Waals surface area contributed by atoms with Gasteiger partial charge in [-0.05, 0) is 61.7 Å². The van der Waals surface area contributed by atoms with Gasteiger partial charge < -0.3 is 19.7 Å². The number of rotatable bonds is 7. The Kier molecular flexibility index (Phi) is 5.85. The molecule has 0 spiro atoms. The monoisotopic (exact) mass is 449 g/mol. The van der Waals surface area contributed by atoms with Gasteiger partial charge in [0.25, 0.3) is 5.19 Å². The van der Waals surface area contributed by atoms with Crippen LogP contribution in [0.4, 0.5) is 0 Å². The molecule has 0 saturated carbocycles. The lowest BCUT2D eigenvalue weighted by molar-refractivity contribution is -0.129. The maximum Gasteiger partial charge on any atom is 0.279 e. The van der Waals surface area contributed by atoms with E-state index in [-0.39, 0.29) is 5.91 Å². The van der Waals surface area contributed by atoms with Crippen LogP contribution in [0, 0.1) is 6.92 Å². The maximum atomic E-state index is 11.8. The molecule has 166 valence electrons. The third-order valence-corrected chi connectivity index (χ3v) is 6.90. The second-order valence-corrected chi connectivity index (χ2v) is 9.43. The molecule has 0 aliphatic carbocycles. The van der Waals surface area contributed by atoms with Gasteiger partial charge in [0.1, 0.15) is 18.1 Å². The summed E-state index contributed by atoms with van der Waals surface area (Å²) in [4.78, 5) is 18.3. The minimum Gasteiger partial charge on any atom is -0.492 e. The highest BCUT2D eigenvalue weighted by molar-refractivity contribution is 7.20. The molecule has 1 fully saturated rings. The van der Waals surface area contributed by atoms with Crippen LogP contribution >= 0.6 is 11.3 Å². The Balaban J connectivity index is 1.08. The van der Waals surface area contributed by atoms with Crippen molar-refractivity contribution >= 4 is 27.5 Å². The summed E-state index contributed by atoms with van der Waals surface area (Å²) < 4.78 is 12.9. The van der Waals surface area contributed by atoms with Crippen LogP contribution < -0.4 is 14.8 Å². The summed E-state index contributed by atoms with van der Waals surface area (Å²) >= 11 is 1.55. The molecule has 2 aliphatic rings. The number of benzene rings is 2. The van der Waals surface area contributed by atoms with Crippen molar-refractivity contribution in [3.8, 4) is 16.7 Å². The van der Waals surface area contributed by atoms with Crippen molar-refractivity contribution in [2.45, 2.75) is 45.2 Å². The third kappa shape index (κ3) is 4.49. The molecule has 5 rings (SSSR count). The molecule has 2 aromatic carbocycles. The number of ether oxygens (including phenoxy) is 2. The van der Waals surface area contributed by atoms with Crippen LogP contribution in [0.15, 0.2) is 54.2 Å². The van der Waals surface area contributed by atoms with E-state index in [0.717, 1.165) is 47.5 Å². The van der Waals surface area contributed by atoms with E-state index < -0.39 is 0 Å². The maximum absolute atomic E-state index is 11.8. The lowest BCUT2D eigenvalue weighted by Crippen LogP contribution is -2.46. The zero-order valence-corrected chi connectivity index (χ0v) is 19.2. The van der Waals surface area contributed by atoms with Crippen LogP contribution in [0.25, 0.3) is 10.2 Å². The van der Waals surface area contributed by atoms with Gasteiger partial charge in [0.05, 0.1) is 10.2 Å². The predicted octanol–water partition coefficient (Wildman–Crippen LogP) is 5.03. The molecule has 2 atom stereocenters. The summed E-state index contributed by atoms with van der Waals surface area (Å²) in [6.07, 6.45) is 5.10. The van der Waals surface area contributed by atoms with Crippen LogP contribution in [0.2, 0.25) is 0 Å². The summed E-state index contributed by atoms with van der Waals surface area (Å²) in [6.45, 7) is 5.10. The van der Waals surface area contributed by atoms with Crippen molar-refractivity contribution in [2.24, 2.45) is 0 Å². The van der Waals surface area contributed by atoms with Gasteiger partial charge in [-0.3, -0.25) is 4.79 Å². The van der Waals surface area contributed by atoms with Crippen molar-refractivity contribution < 1.29 is 14.3 Å². The zero-order chi connectivity index (χ0) is 22.1. The Hall–Kier alpha value is -2.90. The molecule has 1 amide bonds. The largest absolute Gasteiger partial charge is 0.492 e. The highest BCUT2D eigenvalue weighted by Gasteiger charge is 2.36. The molecule has 32 heavy (non-hydrogen) atoms. The molecule has 3 aromatic rings. The predicted molar refractivity (Wildman–Crippen MR) is 126 cm³/mol. The summed E-state index contributed by atoms with van der Waals surface area (Å²) in [7, 11) is 0. The average Bonchev–Trinajstić information content (AvgIpc) is 3.29. The van der Waals surface area contributed by atoms with Crippen molar-refractivity contribution in [3.63, 3.8) is 0 Å². The SMILES string of the molecule is CC(=O)N1C2=CC[C@@H]1C[C@H](NCCOc1ccc(Oc3nc4ccc(C)cc4s3)cc1)C2. The van der Waals surface area contributed by atoms with E-state index in [1.165, 1.54) is 11.3 Å². The van der Waals surface area contributed by atoms with E-state index in [1.807, 2.05) is 35.2 Å². The zero-order valence-electron chi connectivity index (χ0n) is 18.3. The van der Waals surface area contributed by atoms with E-state index >= 15 is 0 Å². The number of amides is 1. The number of carbonyl (C=O) groups is 1. The van der Waals surface area contributed by atoms with Crippen molar-refractivity contribution in [3.05, 3.63) is 59.8 Å². The smallest absolute Gasteiger partial charge is 0.279 e. The fourth-order valence-corrected chi connectivity index (χ4v) is 5.50. The minimum absolute atomic E-state index is 0.159. The number of hydrogen-bond acceptors (Lipinski definition) is 6. The quantitative estimate of drug-likeness (QED) is 0.513. The topological polar surface area (TPSA) is 63.7 Å². The molecule has 1 N–H and O–H groups in total. The molecule has 0 unspecified atom stereocenters. The second-order valence-electron chi connectivity index (χ2n) is 8.44. The highest BCUT2D eigenvalue weighted by Crippen LogP contribution is 2.35.